The first-order valence-electron chi connectivity index (χ1n) is 4.09. The van der Waals surface area contributed by atoms with Gasteiger partial charge in [-0.25, -0.2) is 4.79 Å². The number of aromatic carboxylic acids is 1. The molecule has 1 aliphatic rings. The maximum absolute atomic E-state index is 10.9. The van der Waals surface area contributed by atoms with E-state index in [4.69, 9.17) is 24.4 Å². The number of carboxylic acid groups (broad SMARTS) is 1. The van der Waals surface area contributed by atoms with E-state index >= 15 is 0 Å². The predicted octanol–water partition coefficient (Wildman–Crippen LogP) is 0.441. The minimum Gasteiger partial charge on any atom is -0.496 e. The van der Waals surface area contributed by atoms with E-state index in [-0.39, 0.29) is 22.8 Å². The highest BCUT2D eigenvalue weighted by Crippen LogP contribution is 2.41. The lowest BCUT2D eigenvalue weighted by atomic mass is 10.1. The summed E-state index contributed by atoms with van der Waals surface area (Å²) in [6.45, 7) is -1.47. The van der Waals surface area contributed by atoms with Crippen molar-refractivity contribution in [2.75, 3.05) is 7.11 Å². The fourth-order valence-corrected chi connectivity index (χ4v) is 1.36. The topological polar surface area (TPSA) is 85.2 Å². The first-order chi connectivity index (χ1) is 7.13. The highest BCUT2D eigenvalue weighted by Gasteiger charge is 2.30. The van der Waals surface area contributed by atoms with Crippen molar-refractivity contribution in [2.45, 2.75) is 6.48 Å². The van der Waals surface area contributed by atoms with Crippen LogP contribution in [0, 0.1) is 0 Å². The number of aliphatic hydroxyl groups is 1. The molecule has 1 unspecified atom stereocenters. The van der Waals surface area contributed by atoms with E-state index in [9.17, 15) is 4.79 Å². The smallest absolute Gasteiger partial charge is 0.358 e. The summed E-state index contributed by atoms with van der Waals surface area (Å²) in [5.74, 6) is -0.893. The van der Waals surface area contributed by atoms with Crippen LogP contribution in [0.15, 0.2) is 12.1 Å². The first kappa shape index (κ1) is 9.60. The van der Waals surface area contributed by atoms with Crippen LogP contribution < -0.4 is 14.2 Å². The van der Waals surface area contributed by atoms with Crippen LogP contribution in [0.5, 0.6) is 17.2 Å². The molecule has 80 valence electrons. The first-order valence-corrected chi connectivity index (χ1v) is 4.09. The number of hydrogen-bond donors (Lipinski definition) is 2. The highest BCUT2D eigenvalue weighted by atomic mass is 16.8. The zero-order valence-electron chi connectivity index (χ0n) is 7.76. The second-order valence-electron chi connectivity index (χ2n) is 2.82. The molecule has 2 N–H and O–H groups in total. The number of rotatable bonds is 2. The maximum atomic E-state index is 10.9. The van der Waals surface area contributed by atoms with Gasteiger partial charge in [0.1, 0.15) is 11.3 Å². The van der Waals surface area contributed by atoms with E-state index in [2.05, 4.69) is 0 Å². The maximum Gasteiger partial charge on any atom is 0.358 e. The van der Waals surface area contributed by atoms with Crippen molar-refractivity contribution in [1.82, 2.24) is 0 Å². The van der Waals surface area contributed by atoms with Gasteiger partial charge in [-0.2, -0.15) is 0 Å². The Morgan fingerprint density at radius 3 is 2.80 bits per heavy atom. The zero-order valence-corrected chi connectivity index (χ0v) is 7.76. The average molecular weight is 212 g/mol. The molecule has 1 aromatic rings. The third-order valence-electron chi connectivity index (χ3n) is 1.96. The molecule has 6 nitrogen and oxygen atoms in total. The van der Waals surface area contributed by atoms with E-state index in [1.54, 1.807) is 0 Å². The molecule has 2 rings (SSSR count). The lowest BCUT2D eigenvalue weighted by Gasteiger charge is -2.06. The fourth-order valence-electron chi connectivity index (χ4n) is 1.36. The number of aliphatic hydroxyl groups excluding tert-OH is 1. The molecule has 1 heterocycles. The van der Waals surface area contributed by atoms with Crippen LogP contribution in [0.1, 0.15) is 10.4 Å². The van der Waals surface area contributed by atoms with Gasteiger partial charge in [-0.1, -0.05) is 0 Å². The third-order valence-corrected chi connectivity index (χ3v) is 1.96. The molecular formula is C9H8O6. The minimum absolute atomic E-state index is 0.0191. The van der Waals surface area contributed by atoms with Crippen LogP contribution in [-0.2, 0) is 0 Å². The molecule has 1 atom stereocenters. The van der Waals surface area contributed by atoms with Crippen molar-refractivity contribution in [3.05, 3.63) is 17.7 Å². The van der Waals surface area contributed by atoms with Gasteiger partial charge in [0, 0.05) is 0 Å². The Balaban J connectivity index is 2.58. The van der Waals surface area contributed by atoms with Gasteiger partial charge < -0.3 is 24.4 Å². The van der Waals surface area contributed by atoms with Gasteiger partial charge in [0.25, 0.3) is 0 Å². The van der Waals surface area contributed by atoms with Gasteiger partial charge >= 0.3 is 12.4 Å². The SMILES string of the molecule is COc1ccc2c(c1C(=O)O)OC(O)O2. The summed E-state index contributed by atoms with van der Waals surface area (Å²) in [4.78, 5) is 10.9. The van der Waals surface area contributed by atoms with E-state index in [1.165, 1.54) is 19.2 Å². The van der Waals surface area contributed by atoms with Gasteiger partial charge in [0.05, 0.1) is 7.11 Å². The summed E-state index contributed by atoms with van der Waals surface area (Å²) in [6, 6.07) is 2.90. The fraction of sp³-hybridized carbons (Fsp3) is 0.222. The van der Waals surface area contributed by atoms with Crippen LogP contribution in [0.2, 0.25) is 0 Å². The quantitative estimate of drug-likeness (QED) is 0.739. The third kappa shape index (κ3) is 1.44. The number of fused-ring (bicyclic) bond motifs is 1. The molecule has 0 saturated carbocycles. The van der Waals surface area contributed by atoms with Crippen LogP contribution >= 0.6 is 0 Å². The van der Waals surface area contributed by atoms with Crippen molar-refractivity contribution < 1.29 is 29.2 Å². The second-order valence-corrected chi connectivity index (χ2v) is 2.82. The molecule has 6 heteroatoms. The van der Waals surface area contributed by atoms with E-state index in [0.29, 0.717) is 0 Å². The Hall–Kier alpha value is -1.95. The Morgan fingerprint density at radius 1 is 1.47 bits per heavy atom. The van der Waals surface area contributed by atoms with Crippen LogP contribution in [0.25, 0.3) is 0 Å². The van der Waals surface area contributed by atoms with E-state index < -0.39 is 12.4 Å². The number of ether oxygens (including phenoxy) is 3. The minimum atomic E-state index is -1.47. The summed E-state index contributed by atoms with van der Waals surface area (Å²) >= 11 is 0. The Kier molecular flexibility index (Phi) is 2.12. The number of carbonyl (C=O) groups is 1. The summed E-state index contributed by atoms with van der Waals surface area (Å²) in [6.07, 6.45) is 0. The van der Waals surface area contributed by atoms with Crippen LogP contribution in [0.4, 0.5) is 0 Å². The molecule has 0 aromatic heterocycles. The largest absolute Gasteiger partial charge is 0.496 e. The predicted molar refractivity (Wildman–Crippen MR) is 47.2 cm³/mol. The summed E-state index contributed by atoms with van der Waals surface area (Å²) in [5, 5.41) is 18.0. The molecule has 1 aliphatic heterocycles. The Labute approximate surface area is 84.6 Å². The molecular weight excluding hydrogens is 204 g/mol. The number of benzene rings is 1. The molecule has 0 radical (unpaired) electrons. The van der Waals surface area contributed by atoms with Gasteiger partial charge in [-0.15, -0.1) is 0 Å². The van der Waals surface area contributed by atoms with Crippen molar-refractivity contribution in [1.29, 1.82) is 0 Å². The zero-order chi connectivity index (χ0) is 11.0. The molecule has 0 saturated heterocycles. The lowest BCUT2D eigenvalue weighted by molar-refractivity contribution is -0.133. The standard InChI is InChI=1S/C9H8O6/c1-13-4-2-3-5-7(6(4)8(10)11)15-9(12)14-5/h2-3,9,12H,1H3,(H,10,11). The van der Waals surface area contributed by atoms with E-state index in [0.717, 1.165) is 0 Å². The van der Waals surface area contributed by atoms with Gasteiger partial charge in [0.15, 0.2) is 11.5 Å². The summed E-state index contributed by atoms with van der Waals surface area (Å²) in [5.41, 5.74) is -0.161. The summed E-state index contributed by atoms with van der Waals surface area (Å²) in [7, 11) is 1.35. The molecule has 0 amide bonds. The molecule has 15 heavy (non-hydrogen) atoms. The summed E-state index contributed by atoms with van der Waals surface area (Å²) < 4.78 is 14.5. The van der Waals surface area contributed by atoms with Crippen molar-refractivity contribution in [2.24, 2.45) is 0 Å². The van der Waals surface area contributed by atoms with Gasteiger partial charge in [0.2, 0.25) is 0 Å². The normalized spacial score (nSPS) is 17.6. The number of methoxy groups -OCH3 is 1. The van der Waals surface area contributed by atoms with Crippen molar-refractivity contribution >= 4 is 5.97 Å². The second kappa shape index (κ2) is 3.32. The van der Waals surface area contributed by atoms with Crippen LogP contribution in [0.3, 0.4) is 0 Å². The molecule has 0 spiro atoms. The molecule has 0 bridgehead atoms. The molecule has 1 aromatic carbocycles. The molecule has 0 fully saturated rings. The van der Waals surface area contributed by atoms with Gasteiger partial charge in [-0.3, -0.25) is 0 Å². The van der Waals surface area contributed by atoms with Crippen molar-refractivity contribution in [3.8, 4) is 17.2 Å². The van der Waals surface area contributed by atoms with Crippen LogP contribution in [-0.4, -0.2) is 29.8 Å². The van der Waals surface area contributed by atoms with E-state index in [1.807, 2.05) is 0 Å². The molecule has 0 aliphatic carbocycles. The average Bonchev–Trinajstić information content (AvgIpc) is 2.55. The lowest BCUT2D eigenvalue weighted by Crippen LogP contribution is -2.16. The highest BCUT2D eigenvalue weighted by molar-refractivity contribution is 5.95. The Morgan fingerprint density at radius 2 is 2.20 bits per heavy atom. The number of carboxylic acids is 1. The van der Waals surface area contributed by atoms with Crippen molar-refractivity contribution in [3.63, 3.8) is 0 Å². The number of hydrogen-bond acceptors (Lipinski definition) is 5. The van der Waals surface area contributed by atoms with Gasteiger partial charge in [-0.05, 0) is 12.1 Å². The Bertz CT molecular complexity index is 413. The monoisotopic (exact) mass is 212 g/mol.